The Morgan fingerprint density at radius 3 is 0.846 bits per heavy atom. The molecule has 0 aromatic rings. The summed E-state index contributed by atoms with van der Waals surface area (Å²) in [6, 6.07) is 0. The van der Waals surface area contributed by atoms with Crippen molar-refractivity contribution >= 4 is 0 Å². The highest BCUT2D eigenvalue weighted by Crippen LogP contribution is 1.71. The van der Waals surface area contributed by atoms with Crippen LogP contribution in [0.4, 0.5) is 0 Å². The van der Waals surface area contributed by atoms with E-state index in [0.717, 1.165) is 0 Å². The van der Waals surface area contributed by atoms with Crippen molar-refractivity contribution in [2.24, 2.45) is 0 Å². The first kappa shape index (κ1) is 22.8. The molecule has 0 fully saturated rings. The van der Waals surface area contributed by atoms with Gasteiger partial charge in [0.2, 0.25) is 0 Å². The van der Waals surface area contributed by atoms with E-state index in [4.69, 9.17) is 0 Å². The van der Waals surface area contributed by atoms with Gasteiger partial charge in [0, 0.05) is 0 Å². The van der Waals surface area contributed by atoms with Gasteiger partial charge in [-0.2, -0.15) is 0 Å². The van der Waals surface area contributed by atoms with E-state index in [2.05, 4.69) is 0 Å². The van der Waals surface area contributed by atoms with Gasteiger partial charge in [-0.3, -0.25) is 0 Å². The summed E-state index contributed by atoms with van der Waals surface area (Å²) < 4.78 is 0. The van der Waals surface area contributed by atoms with E-state index in [1.165, 1.54) is 0 Å². The molecule has 0 amide bonds. The summed E-state index contributed by atoms with van der Waals surface area (Å²) >= 11 is 0. The zero-order chi connectivity index (χ0) is 10.2. The predicted octanol–water partition coefficient (Wildman–Crippen LogP) is 5.38. The molecule has 0 saturated heterocycles. The molecule has 0 N–H and O–H groups in total. The van der Waals surface area contributed by atoms with Crippen LogP contribution < -0.4 is 0 Å². The molecule has 0 saturated carbocycles. The fraction of sp³-hybridized carbons (Fsp3) is 0.538. The Bertz CT molecular complexity index is 91.2. The van der Waals surface area contributed by atoms with Crippen molar-refractivity contribution in [3.05, 3.63) is 36.5 Å². The third kappa shape index (κ3) is 92.0. The van der Waals surface area contributed by atoms with Crippen molar-refractivity contribution in [1.29, 1.82) is 0 Å². The second kappa shape index (κ2) is 43.0. The number of allylic oxidation sites excluding steroid dienone is 6. The van der Waals surface area contributed by atoms with Crippen LogP contribution in [-0.2, 0) is 0 Å². The van der Waals surface area contributed by atoms with Gasteiger partial charge < -0.3 is 0 Å². The zero-order valence-electron chi connectivity index (χ0n) is 9.46. The molecule has 0 aliphatic rings. The number of rotatable bonds is 1. The highest BCUT2D eigenvalue weighted by Gasteiger charge is 1.48. The molecule has 0 atom stereocenters. The Morgan fingerprint density at radius 2 is 0.769 bits per heavy atom. The largest absolute Gasteiger partial charge is 0.0919 e. The molecule has 80 valence electrons. The summed E-state index contributed by atoms with van der Waals surface area (Å²) in [5.74, 6) is 0. The smallest absolute Gasteiger partial charge is 0.0467 e. The quantitative estimate of drug-likeness (QED) is 0.379. The molecule has 0 heterocycles. The molecule has 0 unspecified atom stereocenters. The standard InChI is InChI=1S/C6H10.C4H8.C2H6.CH4/c1-3-5-6-4-2;1-3-4-2;1-2;/h3-6H,1-2H3;3-4H,1-2H3;1-2H3;1H4/b5-3-,6-4-;4-3-;;. The van der Waals surface area contributed by atoms with Crippen molar-refractivity contribution in [2.75, 3.05) is 0 Å². The van der Waals surface area contributed by atoms with Gasteiger partial charge in [-0.1, -0.05) is 57.7 Å². The monoisotopic (exact) mass is 184 g/mol. The van der Waals surface area contributed by atoms with Gasteiger partial charge in [0.05, 0.1) is 0 Å². The lowest BCUT2D eigenvalue weighted by Crippen LogP contribution is -1.40. The van der Waals surface area contributed by atoms with Gasteiger partial charge in [-0.15, -0.1) is 0 Å². The Kier molecular flexibility index (Phi) is 75.3. The number of hydrogen-bond acceptors (Lipinski definition) is 0. The van der Waals surface area contributed by atoms with Crippen LogP contribution in [0, 0.1) is 0 Å². The summed E-state index contributed by atoms with van der Waals surface area (Å²) in [6.45, 7) is 12.0. The molecule has 0 aromatic heterocycles. The molecule has 0 aliphatic heterocycles. The third-order valence-electron chi connectivity index (χ3n) is 0.829. The first-order chi connectivity index (χ1) is 5.83. The molecule has 0 spiro atoms. The van der Waals surface area contributed by atoms with Crippen LogP contribution in [0.25, 0.3) is 0 Å². The van der Waals surface area contributed by atoms with Crippen LogP contribution in [0.3, 0.4) is 0 Å². The van der Waals surface area contributed by atoms with Gasteiger partial charge in [-0.05, 0) is 27.7 Å². The average molecular weight is 184 g/mol. The maximum absolute atomic E-state index is 2.00. The highest BCUT2D eigenvalue weighted by molar-refractivity contribution is 4.98. The molecule has 0 radical (unpaired) electrons. The minimum Gasteiger partial charge on any atom is -0.0919 e. The van der Waals surface area contributed by atoms with E-state index in [1.807, 2.05) is 78.0 Å². The van der Waals surface area contributed by atoms with E-state index in [1.54, 1.807) is 0 Å². The Balaban J connectivity index is -0.0000000512. The van der Waals surface area contributed by atoms with Crippen molar-refractivity contribution in [3.63, 3.8) is 0 Å². The van der Waals surface area contributed by atoms with Crippen molar-refractivity contribution in [1.82, 2.24) is 0 Å². The Hall–Kier alpha value is -0.780. The van der Waals surface area contributed by atoms with Crippen molar-refractivity contribution in [2.45, 2.75) is 49.0 Å². The van der Waals surface area contributed by atoms with Crippen LogP contribution in [0.5, 0.6) is 0 Å². The first-order valence-corrected chi connectivity index (χ1v) is 4.64. The van der Waals surface area contributed by atoms with Crippen LogP contribution in [0.1, 0.15) is 49.0 Å². The average Bonchev–Trinajstić information content (AvgIpc) is 2.18. The van der Waals surface area contributed by atoms with E-state index in [0.29, 0.717) is 0 Å². The van der Waals surface area contributed by atoms with Crippen LogP contribution in [0.2, 0.25) is 0 Å². The van der Waals surface area contributed by atoms with Gasteiger partial charge in [0.1, 0.15) is 0 Å². The lowest BCUT2D eigenvalue weighted by molar-refractivity contribution is 1.50. The fourth-order valence-corrected chi connectivity index (χ4v) is 0.222. The Morgan fingerprint density at radius 1 is 0.538 bits per heavy atom. The topological polar surface area (TPSA) is 0 Å². The van der Waals surface area contributed by atoms with E-state index < -0.39 is 0 Å². The maximum Gasteiger partial charge on any atom is -0.0467 e. The van der Waals surface area contributed by atoms with E-state index in [9.17, 15) is 0 Å². The second-order valence-electron chi connectivity index (χ2n) is 1.72. The van der Waals surface area contributed by atoms with Crippen molar-refractivity contribution < 1.29 is 0 Å². The molecule has 13 heavy (non-hydrogen) atoms. The molecular weight excluding hydrogens is 156 g/mol. The minimum absolute atomic E-state index is 0. The minimum atomic E-state index is 0. The normalized spacial score (nSPS) is 8.77. The lowest BCUT2D eigenvalue weighted by Gasteiger charge is -1.62. The van der Waals surface area contributed by atoms with Gasteiger partial charge in [0.15, 0.2) is 0 Å². The van der Waals surface area contributed by atoms with Crippen LogP contribution in [-0.4, -0.2) is 0 Å². The second-order valence-corrected chi connectivity index (χ2v) is 1.72. The summed E-state index contributed by atoms with van der Waals surface area (Å²) in [4.78, 5) is 0. The number of hydrogen-bond donors (Lipinski definition) is 0. The molecule has 0 aromatic carbocycles. The Labute approximate surface area is 86.1 Å². The summed E-state index contributed by atoms with van der Waals surface area (Å²) in [6.07, 6.45) is 12.0. The maximum atomic E-state index is 2.00. The summed E-state index contributed by atoms with van der Waals surface area (Å²) in [5, 5.41) is 0. The van der Waals surface area contributed by atoms with Crippen LogP contribution >= 0.6 is 0 Å². The highest BCUT2D eigenvalue weighted by atomic mass is 13.6. The van der Waals surface area contributed by atoms with E-state index >= 15 is 0 Å². The first-order valence-electron chi connectivity index (χ1n) is 4.64. The zero-order valence-corrected chi connectivity index (χ0v) is 9.46. The predicted molar refractivity (Wildman–Crippen MR) is 68.2 cm³/mol. The lowest BCUT2D eigenvalue weighted by atomic mass is 10.5. The van der Waals surface area contributed by atoms with Gasteiger partial charge >= 0.3 is 0 Å². The van der Waals surface area contributed by atoms with E-state index in [-0.39, 0.29) is 7.43 Å². The summed E-state index contributed by atoms with van der Waals surface area (Å²) in [5.41, 5.74) is 0. The van der Waals surface area contributed by atoms with Crippen molar-refractivity contribution in [3.8, 4) is 0 Å². The van der Waals surface area contributed by atoms with Crippen LogP contribution in [0.15, 0.2) is 36.5 Å². The molecule has 0 nitrogen and oxygen atoms in total. The molecular formula is C13H28. The molecule has 0 rings (SSSR count). The van der Waals surface area contributed by atoms with Gasteiger partial charge in [-0.25, -0.2) is 0 Å². The third-order valence-corrected chi connectivity index (χ3v) is 0.829. The molecule has 0 heteroatoms. The van der Waals surface area contributed by atoms with Gasteiger partial charge in [0.25, 0.3) is 0 Å². The summed E-state index contributed by atoms with van der Waals surface area (Å²) in [7, 11) is 0. The molecule has 0 aliphatic carbocycles. The molecule has 0 bridgehead atoms. The fourth-order valence-electron chi connectivity index (χ4n) is 0.222. The SMILES string of the molecule is C.C/C=C\C.C/C=C\C=C/C.CC.